The second kappa shape index (κ2) is 4.29. The van der Waals surface area contributed by atoms with Crippen molar-refractivity contribution in [1.82, 2.24) is 4.98 Å². The van der Waals surface area contributed by atoms with E-state index in [2.05, 4.69) is 9.72 Å². The maximum Gasteiger partial charge on any atom is 0.338 e. The fourth-order valence-electron chi connectivity index (χ4n) is 1.61. The van der Waals surface area contributed by atoms with Crippen molar-refractivity contribution in [2.45, 2.75) is 0 Å². The van der Waals surface area contributed by atoms with Gasteiger partial charge in [-0.2, -0.15) is 0 Å². The van der Waals surface area contributed by atoms with Gasteiger partial charge in [-0.05, 0) is 12.1 Å². The Morgan fingerprint density at radius 3 is 2.76 bits per heavy atom. The molecule has 0 saturated carbocycles. The molecule has 5 nitrogen and oxygen atoms in total. The number of fused-ring (bicyclic) bond motifs is 1. The number of esters is 1. The summed E-state index contributed by atoms with van der Waals surface area (Å²) in [5.41, 5.74) is 0.891. The third kappa shape index (κ3) is 1.87. The Hall–Kier alpha value is -2.30. The number of ether oxygens (including phenoxy) is 2. The average molecular weight is 233 g/mol. The highest BCUT2D eigenvalue weighted by atomic mass is 16.5. The number of carbonyl (C=O) groups excluding carboxylic acids is 1. The number of phenols is 1. The minimum atomic E-state index is -0.454. The molecule has 0 amide bonds. The third-order valence-electron chi connectivity index (χ3n) is 2.45. The van der Waals surface area contributed by atoms with Crippen LogP contribution in [-0.4, -0.2) is 30.3 Å². The number of methoxy groups -OCH3 is 2. The molecule has 0 saturated heterocycles. The van der Waals surface area contributed by atoms with Crippen LogP contribution < -0.4 is 4.74 Å². The molecular formula is C12H11NO4. The average Bonchev–Trinajstić information content (AvgIpc) is 2.36. The molecular weight excluding hydrogens is 222 g/mol. The molecule has 0 unspecified atom stereocenters. The monoisotopic (exact) mass is 233 g/mol. The predicted octanol–water partition coefficient (Wildman–Crippen LogP) is 1.74. The molecule has 17 heavy (non-hydrogen) atoms. The molecule has 1 N–H and O–H groups in total. The molecule has 1 aromatic carbocycles. The van der Waals surface area contributed by atoms with Gasteiger partial charge in [0.05, 0.1) is 25.3 Å². The van der Waals surface area contributed by atoms with E-state index in [-0.39, 0.29) is 11.5 Å². The van der Waals surface area contributed by atoms with E-state index in [4.69, 9.17) is 4.74 Å². The number of phenolic OH excluding ortho intramolecular Hbond substituents is 1. The van der Waals surface area contributed by atoms with Crippen LogP contribution in [0, 0.1) is 0 Å². The Kier molecular flexibility index (Phi) is 2.82. The number of nitrogens with zero attached hydrogens (tertiary/aromatic N) is 1. The van der Waals surface area contributed by atoms with Gasteiger partial charge in [-0.1, -0.05) is 0 Å². The molecule has 0 spiro atoms. The minimum Gasteiger partial charge on any atom is -0.504 e. The number of aromatic nitrogens is 1. The van der Waals surface area contributed by atoms with Crippen LogP contribution in [0.2, 0.25) is 0 Å². The first-order valence-corrected chi connectivity index (χ1v) is 4.91. The molecule has 88 valence electrons. The smallest absolute Gasteiger partial charge is 0.338 e. The van der Waals surface area contributed by atoms with Gasteiger partial charge in [-0.15, -0.1) is 0 Å². The first-order valence-electron chi connectivity index (χ1n) is 4.91. The van der Waals surface area contributed by atoms with Gasteiger partial charge in [0.1, 0.15) is 0 Å². The number of aromatic hydroxyl groups is 1. The zero-order valence-corrected chi connectivity index (χ0v) is 9.43. The second-order valence-electron chi connectivity index (χ2n) is 3.39. The predicted molar refractivity (Wildman–Crippen MR) is 61.3 cm³/mol. The summed E-state index contributed by atoms with van der Waals surface area (Å²) in [6.45, 7) is 0. The van der Waals surface area contributed by atoms with Crippen LogP contribution in [0.1, 0.15) is 10.4 Å². The summed E-state index contributed by atoms with van der Waals surface area (Å²) >= 11 is 0. The molecule has 0 radical (unpaired) electrons. The lowest BCUT2D eigenvalue weighted by atomic mass is 10.1. The summed E-state index contributed by atoms with van der Waals surface area (Å²) in [6.07, 6.45) is 1.49. The van der Waals surface area contributed by atoms with Crippen molar-refractivity contribution in [2.75, 3.05) is 14.2 Å². The van der Waals surface area contributed by atoms with Crippen LogP contribution in [0.25, 0.3) is 10.9 Å². The third-order valence-corrected chi connectivity index (χ3v) is 2.45. The standard InChI is InChI=1S/C12H11NO4/c1-16-11-5-8-7(12(15)17-2)3-4-13-9(8)6-10(11)14/h3-6,14H,1-2H3. The second-order valence-corrected chi connectivity index (χ2v) is 3.39. The van der Waals surface area contributed by atoms with Gasteiger partial charge < -0.3 is 14.6 Å². The summed E-state index contributed by atoms with van der Waals surface area (Å²) < 4.78 is 9.67. The number of benzene rings is 1. The number of rotatable bonds is 2. The van der Waals surface area contributed by atoms with Gasteiger partial charge in [-0.3, -0.25) is 4.98 Å². The van der Waals surface area contributed by atoms with Gasteiger partial charge in [0.15, 0.2) is 11.5 Å². The molecule has 2 aromatic rings. The SMILES string of the molecule is COC(=O)c1ccnc2cc(O)c(OC)cc12. The van der Waals surface area contributed by atoms with Crippen LogP contribution in [0.3, 0.4) is 0 Å². The van der Waals surface area contributed by atoms with Gasteiger partial charge in [0, 0.05) is 17.6 Å². The van der Waals surface area contributed by atoms with E-state index in [0.29, 0.717) is 16.5 Å². The van der Waals surface area contributed by atoms with E-state index in [1.807, 2.05) is 0 Å². The van der Waals surface area contributed by atoms with Crippen LogP contribution in [-0.2, 0) is 4.74 Å². The van der Waals surface area contributed by atoms with Gasteiger partial charge >= 0.3 is 5.97 Å². The zero-order valence-electron chi connectivity index (χ0n) is 9.43. The number of carbonyl (C=O) groups is 1. The van der Waals surface area contributed by atoms with Crippen molar-refractivity contribution in [2.24, 2.45) is 0 Å². The van der Waals surface area contributed by atoms with Crippen molar-refractivity contribution < 1.29 is 19.4 Å². The van der Waals surface area contributed by atoms with Crippen molar-refractivity contribution in [3.05, 3.63) is 30.0 Å². The topological polar surface area (TPSA) is 68.7 Å². The Balaban J connectivity index is 2.74. The van der Waals surface area contributed by atoms with E-state index in [1.165, 1.54) is 26.5 Å². The van der Waals surface area contributed by atoms with E-state index in [1.54, 1.807) is 12.1 Å². The lowest BCUT2D eigenvalue weighted by Gasteiger charge is -2.07. The molecule has 0 fully saturated rings. The van der Waals surface area contributed by atoms with Gasteiger partial charge in [0.2, 0.25) is 0 Å². The summed E-state index contributed by atoms with van der Waals surface area (Å²) in [5.74, 6) is -0.185. The van der Waals surface area contributed by atoms with E-state index in [9.17, 15) is 9.90 Å². The van der Waals surface area contributed by atoms with Gasteiger partial charge in [0.25, 0.3) is 0 Å². The summed E-state index contributed by atoms with van der Waals surface area (Å²) in [5, 5.41) is 10.2. The number of hydrogen-bond acceptors (Lipinski definition) is 5. The molecule has 0 aliphatic carbocycles. The highest BCUT2D eigenvalue weighted by Crippen LogP contribution is 2.31. The number of pyridine rings is 1. The van der Waals surface area contributed by atoms with Crippen LogP contribution in [0.4, 0.5) is 0 Å². The highest BCUT2D eigenvalue weighted by Gasteiger charge is 2.13. The molecule has 0 aliphatic heterocycles. The summed E-state index contributed by atoms with van der Waals surface area (Å²) in [6, 6.07) is 4.56. The Bertz CT molecular complexity index is 580. The van der Waals surface area contributed by atoms with Crippen LogP contribution in [0.15, 0.2) is 24.4 Å². The Labute approximate surface area is 97.6 Å². The van der Waals surface area contributed by atoms with E-state index >= 15 is 0 Å². The van der Waals surface area contributed by atoms with Crippen molar-refractivity contribution >= 4 is 16.9 Å². The minimum absolute atomic E-state index is 0.0190. The molecule has 5 heteroatoms. The molecule has 2 rings (SSSR count). The molecule has 1 heterocycles. The maximum atomic E-state index is 11.6. The van der Waals surface area contributed by atoms with Crippen molar-refractivity contribution in [3.8, 4) is 11.5 Å². The fraction of sp³-hybridized carbons (Fsp3) is 0.167. The van der Waals surface area contributed by atoms with Crippen LogP contribution in [0.5, 0.6) is 11.5 Å². The quantitative estimate of drug-likeness (QED) is 0.800. The van der Waals surface area contributed by atoms with Crippen molar-refractivity contribution in [3.63, 3.8) is 0 Å². The van der Waals surface area contributed by atoms with E-state index in [0.717, 1.165) is 0 Å². The first kappa shape index (κ1) is 11.2. The first-order chi connectivity index (χ1) is 8.17. The zero-order chi connectivity index (χ0) is 12.4. The van der Waals surface area contributed by atoms with Crippen LogP contribution >= 0.6 is 0 Å². The van der Waals surface area contributed by atoms with Crippen molar-refractivity contribution in [1.29, 1.82) is 0 Å². The summed E-state index contributed by atoms with van der Waals surface area (Å²) in [4.78, 5) is 15.6. The molecule has 0 aliphatic rings. The largest absolute Gasteiger partial charge is 0.504 e. The highest BCUT2D eigenvalue weighted by molar-refractivity contribution is 6.04. The number of hydrogen-bond donors (Lipinski definition) is 1. The molecule has 0 atom stereocenters. The maximum absolute atomic E-state index is 11.6. The fourth-order valence-corrected chi connectivity index (χ4v) is 1.61. The molecule has 0 bridgehead atoms. The molecule has 1 aromatic heterocycles. The van der Waals surface area contributed by atoms with E-state index < -0.39 is 5.97 Å². The lowest BCUT2D eigenvalue weighted by molar-refractivity contribution is 0.0603. The Morgan fingerprint density at radius 2 is 2.12 bits per heavy atom. The van der Waals surface area contributed by atoms with Gasteiger partial charge in [-0.25, -0.2) is 4.79 Å². The lowest BCUT2D eigenvalue weighted by Crippen LogP contribution is -2.02. The Morgan fingerprint density at radius 1 is 1.35 bits per heavy atom. The summed E-state index contributed by atoms with van der Waals surface area (Å²) in [7, 11) is 2.75. The normalized spacial score (nSPS) is 10.2.